The van der Waals surface area contributed by atoms with Crippen LogP contribution in [0.15, 0.2) is 12.3 Å². The van der Waals surface area contributed by atoms with Crippen LogP contribution in [-0.2, 0) is 4.79 Å². The van der Waals surface area contributed by atoms with Crippen LogP contribution in [0.2, 0.25) is 0 Å². The first kappa shape index (κ1) is 15.7. The van der Waals surface area contributed by atoms with Crippen LogP contribution in [0, 0.1) is 0 Å². The number of carbonyl (C=O) groups is 2. The molecule has 0 saturated heterocycles. The molecule has 2 amide bonds. The molecule has 0 bridgehead atoms. The molecule has 1 heterocycles. The molecular formula is C13H21N5O2. The van der Waals surface area contributed by atoms with E-state index in [0.717, 1.165) is 0 Å². The van der Waals surface area contributed by atoms with E-state index in [1.54, 1.807) is 11.8 Å². The lowest BCUT2D eigenvalue weighted by atomic mass is 10.2. The number of nitrogen functional groups attached to an aromatic ring is 1. The number of nitrogens with two attached hydrogens (primary N) is 2. The van der Waals surface area contributed by atoms with Crippen LogP contribution in [0.5, 0.6) is 0 Å². The van der Waals surface area contributed by atoms with Gasteiger partial charge in [0, 0.05) is 13.1 Å². The Bertz CT molecular complexity index is 500. The number of aromatic nitrogens is 1. The van der Waals surface area contributed by atoms with Crippen LogP contribution in [0.3, 0.4) is 0 Å². The van der Waals surface area contributed by atoms with Crippen molar-refractivity contribution in [1.82, 2.24) is 9.88 Å². The molecule has 7 nitrogen and oxygen atoms in total. The molecule has 110 valence electrons. The number of carbonyl (C=O) groups excluding carboxylic acids is 2. The highest BCUT2D eigenvalue weighted by Crippen LogP contribution is 2.16. The summed E-state index contributed by atoms with van der Waals surface area (Å²) < 4.78 is 0. The summed E-state index contributed by atoms with van der Waals surface area (Å²) in [6, 6.07) is 0.927. The average Bonchev–Trinajstić information content (AvgIpc) is 2.41. The van der Waals surface area contributed by atoms with E-state index >= 15 is 0 Å². The van der Waals surface area contributed by atoms with E-state index < -0.39 is 11.9 Å². The maximum Gasteiger partial charge on any atom is 0.252 e. The van der Waals surface area contributed by atoms with Crippen molar-refractivity contribution in [3.05, 3.63) is 17.8 Å². The zero-order chi connectivity index (χ0) is 15.3. The minimum Gasteiger partial charge on any atom is -0.397 e. The zero-order valence-corrected chi connectivity index (χ0v) is 12.0. The summed E-state index contributed by atoms with van der Waals surface area (Å²) in [6.45, 7) is 6.77. The number of pyridine rings is 1. The molecule has 0 aliphatic rings. The molecule has 7 heteroatoms. The third-order valence-corrected chi connectivity index (χ3v) is 2.97. The van der Waals surface area contributed by atoms with E-state index in [9.17, 15) is 9.59 Å². The molecule has 1 atom stereocenters. The number of primary amides is 1. The van der Waals surface area contributed by atoms with Crippen molar-refractivity contribution in [3.8, 4) is 0 Å². The Hall–Kier alpha value is -2.31. The number of hydrogen-bond acceptors (Lipinski definition) is 5. The van der Waals surface area contributed by atoms with E-state index in [2.05, 4.69) is 10.3 Å². The van der Waals surface area contributed by atoms with Gasteiger partial charge in [-0.25, -0.2) is 4.98 Å². The fourth-order valence-corrected chi connectivity index (χ4v) is 1.86. The van der Waals surface area contributed by atoms with Crippen molar-refractivity contribution in [2.45, 2.75) is 26.8 Å². The summed E-state index contributed by atoms with van der Waals surface area (Å²) in [5.74, 6) is -0.446. The quantitative estimate of drug-likeness (QED) is 0.698. The van der Waals surface area contributed by atoms with Gasteiger partial charge in [0.15, 0.2) is 0 Å². The molecule has 1 unspecified atom stereocenters. The zero-order valence-electron chi connectivity index (χ0n) is 12.0. The normalized spacial score (nSPS) is 11.8. The maximum absolute atomic E-state index is 12.2. The van der Waals surface area contributed by atoms with Gasteiger partial charge in [0.2, 0.25) is 5.91 Å². The Morgan fingerprint density at radius 2 is 2.00 bits per heavy atom. The first-order valence-corrected chi connectivity index (χ1v) is 6.51. The summed E-state index contributed by atoms with van der Waals surface area (Å²) in [5.41, 5.74) is 11.4. The molecule has 0 saturated carbocycles. The van der Waals surface area contributed by atoms with Crippen molar-refractivity contribution in [3.63, 3.8) is 0 Å². The molecule has 20 heavy (non-hydrogen) atoms. The van der Waals surface area contributed by atoms with Gasteiger partial charge in [-0.3, -0.25) is 9.59 Å². The van der Waals surface area contributed by atoms with Crippen molar-refractivity contribution in [1.29, 1.82) is 0 Å². The van der Waals surface area contributed by atoms with Crippen molar-refractivity contribution >= 4 is 23.3 Å². The van der Waals surface area contributed by atoms with Gasteiger partial charge < -0.3 is 21.7 Å². The predicted molar refractivity (Wildman–Crippen MR) is 78.2 cm³/mol. The number of nitrogens with zero attached hydrogens (tertiary/aromatic N) is 2. The van der Waals surface area contributed by atoms with E-state index in [0.29, 0.717) is 18.8 Å². The lowest BCUT2D eigenvalue weighted by Gasteiger charge is -2.24. The highest BCUT2D eigenvalue weighted by atomic mass is 16.2. The fraction of sp³-hybridized carbons (Fsp3) is 0.462. The van der Waals surface area contributed by atoms with Crippen LogP contribution in [0.25, 0.3) is 0 Å². The van der Waals surface area contributed by atoms with Gasteiger partial charge in [0.25, 0.3) is 5.91 Å². The number of anilines is 2. The Morgan fingerprint density at radius 1 is 1.40 bits per heavy atom. The van der Waals surface area contributed by atoms with Crippen LogP contribution in [0.1, 0.15) is 31.1 Å². The standard InChI is InChI=1S/C13H21N5O2/c1-4-18(5-2)13(20)8(3)17-12-10(11(15)19)6-9(14)7-16-12/h6-8H,4-5,14H2,1-3H3,(H2,15,19)(H,16,17). The molecule has 0 fully saturated rings. The maximum atomic E-state index is 12.2. The van der Waals surface area contributed by atoms with Crippen molar-refractivity contribution < 1.29 is 9.59 Å². The fourth-order valence-electron chi connectivity index (χ4n) is 1.86. The molecule has 5 N–H and O–H groups in total. The number of rotatable bonds is 6. The van der Waals surface area contributed by atoms with Crippen molar-refractivity contribution in [2.75, 3.05) is 24.1 Å². The number of likely N-dealkylation sites (N-methyl/N-ethyl adjacent to an activating group) is 1. The van der Waals surface area contributed by atoms with E-state index in [4.69, 9.17) is 11.5 Å². The van der Waals surface area contributed by atoms with Crippen LogP contribution in [0.4, 0.5) is 11.5 Å². The summed E-state index contributed by atoms with van der Waals surface area (Å²) >= 11 is 0. The van der Waals surface area contributed by atoms with E-state index in [1.165, 1.54) is 12.3 Å². The topological polar surface area (TPSA) is 114 Å². The number of hydrogen-bond donors (Lipinski definition) is 3. The Balaban J connectivity index is 2.93. The smallest absolute Gasteiger partial charge is 0.252 e. The third-order valence-electron chi connectivity index (χ3n) is 2.97. The predicted octanol–water partition coefficient (Wildman–Crippen LogP) is 0.432. The lowest BCUT2D eigenvalue weighted by molar-refractivity contribution is -0.131. The molecule has 0 aromatic carbocycles. The van der Waals surface area contributed by atoms with Crippen LogP contribution >= 0.6 is 0 Å². The SMILES string of the molecule is CCN(CC)C(=O)C(C)Nc1ncc(N)cc1C(N)=O. The van der Waals surface area contributed by atoms with Gasteiger partial charge in [0.05, 0.1) is 17.4 Å². The minimum absolute atomic E-state index is 0.0657. The Morgan fingerprint density at radius 3 is 2.50 bits per heavy atom. The molecule has 1 aromatic rings. The Labute approximate surface area is 118 Å². The summed E-state index contributed by atoms with van der Waals surface area (Å²) in [5, 5.41) is 2.91. The number of amides is 2. The minimum atomic E-state index is -0.644. The molecule has 0 radical (unpaired) electrons. The van der Waals surface area contributed by atoms with Gasteiger partial charge >= 0.3 is 0 Å². The monoisotopic (exact) mass is 279 g/mol. The van der Waals surface area contributed by atoms with Crippen molar-refractivity contribution in [2.24, 2.45) is 5.73 Å². The van der Waals surface area contributed by atoms with Gasteiger partial charge in [-0.15, -0.1) is 0 Å². The second-order valence-corrected chi connectivity index (χ2v) is 4.41. The molecule has 0 spiro atoms. The van der Waals surface area contributed by atoms with E-state index in [1.807, 2.05) is 13.8 Å². The highest BCUT2D eigenvalue weighted by molar-refractivity contribution is 5.99. The van der Waals surface area contributed by atoms with Crippen LogP contribution in [-0.4, -0.2) is 40.8 Å². The molecule has 0 aliphatic carbocycles. The molecule has 1 aromatic heterocycles. The van der Waals surface area contributed by atoms with Gasteiger partial charge in [-0.05, 0) is 26.8 Å². The Kier molecular flexibility index (Phi) is 5.31. The second-order valence-electron chi connectivity index (χ2n) is 4.41. The van der Waals surface area contributed by atoms with Gasteiger partial charge in [0.1, 0.15) is 11.9 Å². The largest absolute Gasteiger partial charge is 0.397 e. The van der Waals surface area contributed by atoms with E-state index in [-0.39, 0.29) is 17.3 Å². The lowest BCUT2D eigenvalue weighted by Crippen LogP contribution is -2.41. The summed E-state index contributed by atoms with van der Waals surface area (Å²) in [4.78, 5) is 29.2. The number of nitrogens with one attached hydrogen (secondary N) is 1. The first-order chi connectivity index (χ1) is 9.40. The summed E-state index contributed by atoms with van der Waals surface area (Å²) in [7, 11) is 0. The molecule has 1 rings (SSSR count). The van der Waals surface area contributed by atoms with Gasteiger partial charge in [-0.1, -0.05) is 0 Å². The second kappa shape index (κ2) is 6.74. The molecular weight excluding hydrogens is 258 g/mol. The summed E-state index contributed by atoms with van der Waals surface area (Å²) in [6.07, 6.45) is 1.41. The highest BCUT2D eigenvalue weighted by Gasteiger charge is 2.20. The van der Waals surface area contributed by atoms with Gasteiger partial charge in [-0.2, -0.15) is 0 Å². The van der Waals surface area contributed by atoms with Crippen LogP contribution < -0.4 is 16.8 Å². The third kappa shape index (κ3) is 3.59. The first-order valence-electron chi connectivity index (χ1n) is 6.51. The average molecular weight is 279 g/mol. The molecule has 0 aliphatic heterocycles.